The number of thiocarbonyl (C=S) groups is 1. The van der Waals surface area contributed by atoms with Gasteiger partial charge in [-0.25, -0.2) is 0 Å². The van der Waals surface area contributed by atoms with Crippen LogP contribution in [0, 0.1) is 0 Å². The highest BCUT2D eigenvalue weighted by atomic mass is 32.2. The molecular weight excluding hydrogens is 368 g/mol. The molecule has 9 heteroatoms. The molecule has 0 aliphatic carbocycles. The van der Waals surface area contributed by atoms with Crippen molar-refractivity contribution in [2.45, 2.75) is 5.16 Å². The maximum absolute atomic E-state index is 12.0. The molecule has 3 rings (SSSR count). The summed E-state index contributed by atoms with van der Waals surface area (Å²) in [6.45, 7) is 0. The molecule has 0 bridgehead atoms. The first kappa shape index (κ1) is 17.9. The fourth-order valence-corrected chi connectivity index (χ4v) is 2.96. The molecular formula is C17H16N6OS2. The quantitative estimate of drug-likeness (QED) is 0.354. The normalized spacial score (nSPS) is 10.2. The summed E-state index contributed by atoms with van der Waals surface area (Å²) in [5.74, 6) is -0.0539. The molecule has 0 atom stereocenters. The van der Waals surface area contributed by atoms with E-state index in [1.165, 1.54) is 11.8 Å². The lowest BCUT2D eigenvalue weighted by Gasteiger charge is -2.11. The summed E-state index contributed by atoms with van der Waals surface area (Å²) in [7, 11) is 0. The van der Waals surface area contributed by atoms with Crippen molar-refractivity contribution in [1.82, 2.24) is 25.6 Å². The van der Waals surface area contributed by atoms with Gasteiger partial charge in [0.25, 0.3) is 0 Å². The molecule has 1 aromatic heterocycles. The molecule has 2 aromatic carbocycles. The third kappa shape index (κ3) is 5.04. The highest BCUT2D eigenvalue weighted by Crippen LogP contribution is 2.18. The molecule has 132 valence electrons. The fraction of sp³-hybridized carbons (Fsp3) is 0.0588. The number of rotatable bonds is 5. The largest absolute Gasteiger partial charge is 0.331 e. The first-order valence-corrected chi connectivity index (χ1v) is 9.11. The number of para-hydroxylation sites is 2. The van der Waals surface area contributed by atoms with Crippen LogP contribution >= 0.6 is 24.0 Å². The third-order valence-electron chi connectivity index (χ3n) is 3.23. The van der Waals surface area contributed by atoms with Crippen molar-refractivity contribution in [3.05, 3.63) is 67.0 Å². The van der Waals surface area contributed by atoms with Crippen molar-refractivity contribution in [2.24, 2.45) is 0 Å². The van der Waals surface area contributed by atoms with Crippen molar-refractivity contribution in [3.63, 3.8) is 0 Å². The van der Waals surface area contributed by atoms with E-state index in [1.54, 1.807) is 6.33 Å². The lowest BCUT2D eigenvalue weighted by molar-refractivity contribution is -0.119. The van der Waals surface area contributed by atoms with E-state index in [0.29, 0.717) is 10.3 Å². The van der Waals surface area contributed by atoms with E-state index in [9.17, 15) is 4.79 Å². The number of carbonyl (C=O) groups excluding carboxylic acids is 1. The number of benzene rings is 2. The zero-order valence-electron chi connectivity index (χ0n) is 13.6. The number of thioether (sulfide) groups is 1. The van der Waals surface area contributed by atoms with Gasteiger partial charge in [0, 0.05) is 11.4 Å². The Morgan fingerprint density at radius 2 is 1.73 bits per heavy atom. The second-order valence-electron chi connectivity index (χ2n) is 5.10. The Labute approximate surface area is 160 Å². The average Bonchev–Trinajstić information content (AvgIpc) is 3.15. The third-order valence-corrected chi connectivity index (χ3v) is 4.38. The van der Waals surface area contributed by atoms with E-state index in [4.69, 9.17) is 12.2 Å². The maximum atomic E-state index is 12.0. The minimum atomic E-state index is -0.227. The number of carbonyl (C=O) groups is 1. The topological polar surface area (TPSA) is 83.9 Å². The molecule has 7 nitrogen and oxygen atoms in total. The Hall–Kier alpha value is -2.91. The zero-order chi connectivity index (χ0) is 18.2. The van der Waals surface area contributed by atoms with E-state index in [0.717, 1.165) is 11.4 Å². The van der Waals surface area contributed by atoms with Gasteiger partial charge in [-0.2, -0.15) is 0 Å². The molecule has 0 spiro atoms. The first-order valence-electron chi connectivity index (χ1n) is 7.71. The van der Waals surface area contributed by atoms with Gasteiger partial charge >= 0.3 is 0 Å². The molecule has 0 fully saturated rings. The van der Waals surface area contributed by atoms with Crippen molar-refractivity contribution < 1.29 is 4.79 Å². The summed E-state index contributed by atoms with van der Waals surface area (Å²) in [5, 5.41) is 11.9. The number of nitrogens with zero attached hydrogens (tertiary/aromatic N) is 3. The monoisotopic (exact) mass is 384 g/mol. The predicted octanol–water partition coefficient (Wildman–Crippen LogP) is 2.38. The van der Waals surface area contributed by atoms with Crippen molar-refractivity contribution in [1.29, 1.82) is 0 Å². The molecule has 0 saturated heterocycles. The molecule has 26 heavy (non-hydrogen) atoms. The van der Waals surface area contributed by atoms with Gasteiger partial charge < -0.3 is 5.32 Å². The molecule has 3 aromatic rings. The minimum absolute atomic E-state index is 0.173. The van der Waals surface area contributed by atoms with Gasteiger partial charge in [-0.1, -0.05) is 48.2 Å². The lowest BCUT2D eigenvalue weighted by Crippen LogP contribution is -2.44. The number of aromatic nitrogens is 3. The number of amides is 1. The second kappa shape index (κ2) is 8.97. The second-order valence-corrected chi connectivity index (χ2v) is 6.45. The highest BCUT2D eigenvalue weighted by molar-refractivity contribution is 7.99. The SMILES string of the molecule is O=C(CSc1nncn1-c1ccccc1)NNC(=S)Nc1ccccc1. The molecule has 0 aliphatic rings. The van der Waals surface area contributed by atoms with Gasteiger partial charge in [-0.15, -0.1) is 10.2 Å². The number of hydrogen-bond donors (Lipinski definition) is 3. The van der Waals surface area contributed by atoms with Crippen LogP contribution in [-0.4, -0.2) is 31.5 Å². The van der Waals surface area contributed by atoms with Crippen LogP contribution in [-0.2, 0) is 4.79 Å². The van der Waals surface area contributed by atoms with Crippen LogP contribution < -0.4 is 16.2 Å². The summed E-state index contributed by atoms with van der Waals surface area (Å²) in [6.07, 6.45) is 1.62. The van der Waals surface area contributed by atoms with Gasteiger partial charge in [-0.05, 0) is 36.5 Å². The van der Waals surface area contributed by atoms with Gasteiger partial charge in [0.05, 0.1) is 5.75 Å². The Bertz CT molecular complexity index is 869. The summed E-state index contributed by atoms with van der Waals surface area (Å²) < 4.78 is 1.83. The van der Waals surface area contributed by atoms with E-state index >= 15 is 0 Å². The van der Waals surface area contributed by atoms with Crippen LogP contribution in [0.25, 0.3) is 5.69 Å². The number of hydrogen-bond acceptors (Lipinski definition) is 5. The molecule has 0 aliphatic heterocycles. The Balaban J connectivity index is 1.46. The number of hydrazine groups is 1. The Kier molecular flexibility index (Phi) is 6.18. The van der Waals surface area contributed by atoms with Gasteiger partial charge in [0.2, 0.25) is 5.91 Å². The Morgan fingerprint density at radius 3 is 2.46 bits per heavy atom. The smallest absolute Gasteiger partial charge is 0.248 e. The average molecular weight is 384 g/mol. The van der Waals surface area contributed by atoms with Gasteiger partial charge in [-0.3, -0.25) is 20.2 Å². The van der Waals surface area contributed by atoms with Crippen molar-refractivity contribution in [3.8, 4) is 5.69 Å². The van der Waals surface area contributed by atoms with E-state index in [1.807, 2.05) is 65.2 Å². The van der Waals surface area contributed by atoms with Crippen LogP contribution in [0.15, 0.2) is 72.1 Å². The van der Waals surface area contributed by atoms with Crippen LogP contribution in [0.4, 0.5) is 5.69 Å². The van der Waals surface area contributed by atoms with Crippen LogP contribution in [0.1, 0.15) is 0 Å². The maximum Gasteiger partial charge on any atom is 0.248 e. The van der Waals surface area contributed by atoms with Gasteiger partial charge in [0.15, 0.2) is 10.3 Å². The molecule has 0 radical (unpaired) electrons. The van der Waals surface area contributed by atoms with E-state index in [-0.39, 0.29) is 11.7 Å². The molecule has 3 N–H and O–H groups in total. The molecule has 1 heterocycles. The number of nitrogens with one attached hydrogen (secondary N) is 3. The van der Waals surface area contributed by atoms with E-state index < -0.39 is 0 Å². The van der Waals surface area contributed by atoms with Crippen LogP contribution in [0.3, 0.4) is 0 Å². The molecule has 0 unspecified atom stereocenters. The van der Waals surface area contributed by atoms with E-state index in [2.05, 4.69) is 26.4 Å². The number of anilines is 1. The van der Waals surface area contributed by atoms with Crippen molar-refractivity contribution in [2.75, 3.05) is 11.1 Å². The first-order chi connectivity index (χ1) is 12.7. The zero-order valence-corrected chi connectivity index (χ0v) is 15.3. The van der Waals surface area contributed by atoms with Crippen LogP contribution in [0.5, 0.6) is 0 Å². The molecule has 1 amide bonds. The highest BCUT2D eigenvalue weighted by Gasteiger charge is 2.10. The minimum Gasteiger partial charge on any atom is -0.331 e. The molecule has 0 saturated carbocycles. The summed E-state index contributed by atoms with van der Waals surface area (Å²) in [5.41, 5.74) is 7.00. The lowest BCUT2D eigenvalue weighted by atomic mass is 10.3. The standard InChI is InChI=1S/C17H16N6OS2/c24-15(20-21-16(25)19-13-7-3-1-4-8-13)11-26-17-22-18-12-23(17)14-9-5-2-6-10-14/h1-10,12H,11H2,(H,20,24)(H2,19,21,25). The summed E-state index contributed by atoms with van der Waals surface area (Å²) >= 11 is 6.42. The summed E-state index contributed by atoms with van der Waals surface area (Å²) in [6, 6.07) is 19.1. The predicted molar refractivity (Wildman–Crippen MR) is 106 cm³/mol. The van der Waals surface area contributed by atoms with Gasteiger partial charge in [0.1, 0.15) is 6.33 Å². The van der Waals surface area contributed by atoms with Crippen molar-refractivity contribution >= 4 is 40.7 Å². The summed E-state index contributed by atoms with van der Waals surface area (Å²) in [4.78, 5) is 12.0. The fourth-order valence-electron chi connectivity index (χ4n) is 2.07. The Morgan fingerprint density at radius 1 is 1.04 bits per heavy atom. The van der Waals surface area contributed by atoms with Crippen LogP contribution in [0.2, 0.25) is 0 Å².